The first-order chi connectivity index (χ1) is 5.90. The van der Waals surface area contributed by atoms with Gasteiger partial charge in [-0.05, 0) is 25.5 Å². The highest BCUT2D eigenvalue weighted by atomic mass is 35.5. The van der Waals surface area contributed by atoms with Crippen LogP contribution >= 0.6 is 24.8 Å². The zero-order valence-corrected chi connectivity index (χ0v) is 9.33. The summed E-state index contributed by atoms with van der Waals surface area (Å²) in [5, 5.41) is 19.1. The fourth-order valence-electron chi connectivity index (χ4n) is 1.58. The highest BCUT2D eigenvalue weighted by Gasteiger charge is 2.18. The van der Waals surface area contributed by atoms with Crippen molar-refractivity contribution in [1.82, 2.24) is 15.5 Å². The molecule has 1 fully saturated rings. The van der Waals surface area contributed by atoms with Gasteiger partial charge in [0.1, 0.15) is 0 Å². The van der Waals surface area contributed by atoms with E-state index in [1.54, 1.807) is 0 Å². The molecular formula is C8H15Cl2N3O. The molecule has 6 heteroatoms. The van der Waals surface area contributed by atoms with Crippen LogP contribution in [0.3, 0.4) is 0 Å². The van der Waals surface area contributed by atoms with Gasteiger partial charge in [0.15, 0.2) is 0 Å². The SMILES string of the molecule is Cl.Cl.OCc1cc(C2CCCN2)n[nH]1. The van der Waals surface area contributed by atoms with E-state index in [-0.39, 0.29) is 31.4 Å². The highest BCUT2D eigenvalue weighted by molar-refractivity contribution is 5.85. The molecule has 0 bridgehead atoms. The Morgan fingerprint density at radius 2 is 2.29 bits per heavy atom. The Morgan fingerprint density at radius 1 is 1.50 bits per heavy atom. The van der Waals surface area contributed by atoms with Crippen molar-refractivity contribution < 1.29 is 5.11 Å². The van der Waals surface area contributed by atoms with Gasteiger partial charge in [-0.25, -0.2) is 0 Å². The van der Waals surface area contributed by atoms with Crippen LogP contribution < -0.4 is 5.32 Å². The maximum atomic E-state index is 8.80. The molecule has 1 aliphatic rings. The van der Waals surface area contributed by atoms with Gasteiger partial charge in [0.25, 0.3) is 0 Å². The van der Waals surface area contributed by atoms with E-state index >= 15 is 0 Å². The van der Waals surface area contributed by atoms with Crippen molar-refractivity contribution in [2.24, 2.45) is 0 Å². The molecule has 1 unspecified atom stereocenters. The van der Waals surface area contributed by atoms with E-state index in [0.29, 0.717) is 6.04 Å². The number of aliphatic hydroxyl groups is 1. The number of H-pyrrole nitrogens is 1. The van der Waals surface area contributed by atoms with Crippen LogP contribution in [0.25, 0.3) is 0 Å². The topological polar surface area (TPSA) is 60.9 Å². The summed E-state index contributed by atoms with van der Waals surface area (Å²) >= 11 is 0. The summed E-state index contributed by atoms with van der Waals surface area (Å²) in [5.41, 5.74) is 1.82. The zero-order chi connectivity index (χ0) is 8.39. The van der Waals surface area contributed by atoms with Crippen molar-refractivity contribution in [3.63, 3.8) is 0 Å². The molecule has 4 nitrogen and oxygen atoms in total. The minimum absolute atomic E-state index is 0. The lowest BCUT2D eigenvalue weighted by Crippen LogP contribution is -2.12. The van der Waals surface area contributed by atoms with Crippen molar-refractivity contribution in [1.29, 1.82) is 0 Å². The maximum absolute atomic E-state index is 8.80. The summed E-state index contributed by atoms with van der Waals surface area (Å²) in [6.45, 7) is 1.12. The molecule has 0 saturated carbocycles. The van der Waals surface area contributed by atoms with Crippen molar-refractivity contribution in [2.45, 2.75) is 25.5 Å². The average Bonchev–Trinajstić information content (AvgIpc) is 2.75. The number of aromatic amines is 1. The lowest BCUT2D eigenvalue weighted by atomic mass is 10.1. The number of nitrogens with one attached hydrogen (secondary N) is 2. The summed E-state index contributed by atoms with van der Waals surface area (Å²) in [4.78, 5) is 0. The third kappa shape index (κ3) is 2.85. The summed E-state index contributed by atoms with van der Waals surface area (Å²) < 4.78 is 0. The number of rotatable bonds is 2. The Balaban J connectivity index is 0.000000845. The van der Waals surface area contributed by atoms with Crippen LogP contribution in [0, 0.1) is 0 Å². The Morgan fingerprint density at radius 3 is 2.79 bits per heavy atom. The Labute approximate surface area is 95.3 Å². The predicted molar refractivity (Wildman–Crippen MR) is 59.0 cm³/mol. The number of nitrogens with zero attached hydrogens (tertiary/aromatic N) is 1. The molecule has 3 N–H and O–H groups in total. The quantitative estimate of drug-likeness (QED) is 0.727. The van der Waals surface area contributed by atoms with Crippen molar-refractivity contribution in [3.05, 3.63) is 17.5 Å². The van der Waals surface area contributed by atoms with Gasteiger partial charge in [0.2, 0.25) is 0 Å². The first-order valence-corrected chi connectivity index (χ1v) is 4.28. The van der Waals surface area contributed by atoms with Crippen LogP contribution in [-0.2, 0) is 6.61 Å². The van der Waals surface area contributed by atoms with Crippen molar-refractivity contribution in [3.8, 4) is 0 Å². The number of hydrogen-bond acceptors (Lipinski definition) is 3. The largest absolute Gasteiger partial charge is 0.390 e. The van der Waals surface area contributed by atoms with E-state index in [4.69, 9.17) is 5.11 Å². The Kier molecular flexibility index (Phi) is 6.11. The zero-order valence-electron chi connectivity index (χ0n) is 7.69. The van der Waals surface area contributed by atoms with Gasteiger partial charge in [0, 0.05) is 0 Å². The second-order valence-electron chi connectivity index (χ2n) is 3.13. The molecular weight excluding hydrogens is 225 g/mol. The molecule has 2 rings (SSSR count). The predicted octanol–water partition coefficient (Wildman–Crippen LogP) is 1.17. The summed E-state index contributed by atoms with van der Waals surface area (Å²) in [6, 6.07) is 2.31. The van der Waals surface area contributed by atoms with Gasteiger partial charge in [-0.2, -0.15) is 5.10 Å². The third-order valence-electron chi connectivity index (χ3n) is 2.24. The van der Waals surface area contributed by atoms with Gasteiger partial charge in [-0.1, -0.05) is 0 Å². The number of hydrogen-bond donors (Lipinski definition) is 3. The van der Waals surface area contributed by atoms with E-state index in [1.165, 1.54) is 6.42 Å². The van der Waals surface area contributed by atoms with Gasteiger partial charge < -0.3 is 10.4 Å². The third-order valence-corrected chi connectivity index (χ3v) is 2.24. The summed E-state index contributed by atoms with van der Waals surface area (Å²) in [7, 11) is 0. The van der Waals surface area contributed by atoms with Crippen LogP contribution in [0.2, 0.25) is 0 Å². The van der Waals surface area contributed by atoms with Crippen LogP contribution in [0.15, 0.2) is 6.07 Å². The molecule has 14 heavy (non-hydrogen) atoms. The molecule has 0 spiro atoms. The van der Waals surface area contributed by atoms with Crippen molar-refractivity contribution >= 4 is 24.8 Å². The van der Waals surface area contributed by atoms with Gasteiger partial charge in [-0.3, -0.25) is 5.10 Å². The van der Waals surface area contributed by atoms with E-state index in [2.05, 4.69) is 15.5 Å². The van der Waals surface area contributed by atoms with Gasteiger partial charge >= 0.3 is 0 Å². The van der Waals surface area contributed by atoms with E-state index in [9.17, 15) is 0 Å². The summed E-state index contributed by atoms with van der Waals surface area (Å²) in [6.07, 6.45) is 2.36. The molecule has 0 radical (unpaired) electrons. The molecule has 1 aliphatic heterocycles. The number of halogens is 2. The van der Waals surface area contributed by atoms with Crippen LogP contribution in [0.4, 0.5) is 0 Å². The standard InChI is InChI=1S/C8H13N3O.2ClH/c12-5-6-4-8(11-10-6)7-2-1-3-9-7;;/h4,7,9,12H,1-3,5H2,(H,10,11);2*1H. The minimum Gasteiger partial charge on any atom is -0.390 e. The molecule has 0 aromatic carbocycles. The highest BCUT2D eigenvalue weighted by Crippen LogP contribution is 2.21. The molecule has 1 aromatic rings. The lowest BCUT2D eigenvalue weighted by molar-refractivity contribution is 0.276. The first kappa shape index (κ1) is 13.7. The number of aromatic nitrogens is 2. The minimum atomic E-state index is 0. The van der Waals surface area contributed by atoms with Crippen molar-refractivity contribution in [2.75, 3.05) is 6.54 Å². The maximum Gasteiger partial charge on any atom is 0.0847 e. The summed E-state index contributed by atoms with van der Waals surface area (Å²) in [5.74, 6) is 0. The van der Waals surface area contributed by atoms with Gasteiger partial charge in [0.05, 0.1) is 24.0 Å². The molecule has 0 aliphatic carbocycles. The average molecular weight is 240 g/mol. The molecule has 2 heterocycles. The van der Waals surface area contributed by atoms with Crippen LogP contribution in [-0.4, -0.2) is 21.8 Å². The molecule has 1 saturated heterocycles. The molecule has 0 amide bonds. The lowest BCUT2D eigenvalue weighted by Gasteiger charge is -2.03. The van der Waals surface area contributed by atoms with E-state index in [0.717, 1.165) is 24.4 Å². The Hall–Kier alpha value is -0.290. The normalized spacial score (nSPS) is 19.9. The van der Waals surface area contributed by atoms with Crippen LogP contribution in [0.1, 0.15) is 30.3 Å². The van der Waals surface area contributed by atoms with Gasteiger partial charge in [-0.15, -0.1) is 24.8 Å². The Bertz CT molecular complexity index is 261. The van der Waals surface area contributed by atoms with Crippen LogP contribution in [0.5, 0.6) is 0 Å². The number of aliphatic hydroxyl groups excluding tert-OH is 1. The van der Waals surface area contributed by atoms with E-state index < -0.39 is 0 Å². The smallest absolute Gasteiger partial charge is 0.0847 e. The second-order valence-corrected chi connectivity index (χ2v) is 3.13. The monoisotopic (exact) mass is 239 g/mol. The second kappa shape index (κ2) is 6.24. The van der Waals surface area contributed by atoms with E-state index in [1.807, 2.05) is 6.07 Å². The fourth-order valence-corrected chi connectivity index (χ4v) is 1.58. The molecule has 1 aromatic heterocycles. The first-order valence-electron chi connectivity index (χ1n) is 4.28. The molecule has 82 valence electrons. The fraction of sp³-hybridized carbons (Fsp3) is 0.625. The molecule has 1 atom stereocenters.